The summed E-state index contributed by atoms with van der Waals surface area (Å²) < 4.78 is 12.5. The second-order valence-corrected chi connectivity index (χ2v) is 15.1. The number of ether oxygens (including phenoxy) is 1. The van der Waals surface area contributed by atoms with Crippen LogP contribution in [0.25, 0.3) is 0 Å². The molecule has 0 spiro atoms. The van der Waals surface area contributed by atoms with Gasteiger partial charge in [-0.2, -0.15) is 0 Å². The first kappa shape index (κ1) is 19.1. The first-order valence-electron chi connectivity index (χ1n) is 9.60. The van der Waals surface area contributed by atoms with Gasteiger partial charge in [-0.3, -0.25) is 4.79 Å². The number of hydrogen-bond acceptors (Lipinski definition) is 3. The Morgan fingerprint density at radius 1 is 1.28 bits per heavy atom. The first-order valence-corrected chi connectivity index (χ1v) is 12.5. The van der Waals surface area contributed by atoms with Gasteiger partial charge in [0.05, 0.1) is 17.8 Å². The Balaban J connectivity index is 1.86. The van der Waals surface area contributed by atoms with E-state index < -0.39 is 8.32 Å². The van der Waals surface area contributed by atoms with Crippen molar-refractivity contribution in [2.75, 3.05) is 0 Å². The predicted molar refractivity (Wildman–Crippen MR) is 104 cm³/mol. The normalized spacial score (nSPS) is 34.5. The summed E-state index contributed by atoms with van der Waals surface area (Å²) in [5.74, 6) is 0.157. The third-order valence-electron chi connectivity index (χ3n) is 6.88. The Kier molecular flexibility index (Phi) is 4.30. The molecule has 4 heteroatoms. The molecule has 3 atom stereocenters. The molecule has 0 aromatic heterocycles. The molecule has 3 nitrogen and oxygen atoms in total. The Bertz CT molecular complexity index is 651. The molecule has 3 rings (SSSR count). The minimum atomic E-state index is -1.90. The largest absolute Gasteiger partial charge is 0.410 e. The van der Waals surface area contributed by atoms with Crippen LogP contribution in [0.4, 0.5) is 0 Å². The number of ketones is 1. The second-order valence-electron chi connectivity index (χ2n) is 10.3. The summed E-state index contributed by atoms with van der Waals surface area (Å²) in [5.41, 5.74) is 2.16. The highest BCUT2D eigenvalue weighted by Gasteiger charge is 2.53. The van der Waals surface area contributed by atoms with Gasteiger partial charge < -0.3 is 9.16 Å². The molecule has 1 saturated heterocycles. The van der Waals surface area contributed by atoms with E-state index in [1.807, 2.05) is 0 Å². The van der Waals surface area contributed by atoms with Gasteiger partial charge in [-0.25, -0.2) is 0 Å². The maximum absolute atomic E-state index is 12.7. The minimum Gasteiger partial charge on any atom is -0.410 e. The lowest BCUT2D eigenvalue weighted by atomic mass is 9.72. The molecular weight excluding hydrogens is 328 g/mol. The fourth-order valence-corrected chi connectivity index (χ4v) is 5.25. The summed E-state index contributed by atoms with van der Waals surface area (Å²) in [6, 6.07) is 0. The molecule has 0 bridgehead atoms. The molecule has 25 heavy (non-hydrogen) atoms. The van der Waals surface area contributed by atoms with Gasteiger partial charge in [0.15, 0.2) is 14.1 Å². The van der Waals surface area contributed by atoms with Crippen LogP contribution in [0, 0.1) is 5.41 Å². The number of hydrogen-bond donors (Lipinski definition) is 0. The summed E-state index contributed by atoms with van der Waals surface area (Å²) in [4.78, 5) is 12.7. The van der Waals surface area contributed by atoms with Crippen LogP contribution in [0.2, 0.25) is 18.1 Å². The van der Waals surface area contributed by atoms with Crippen molar-refractivity contribution in [3.8, 4) is 0 Å². The van der Waals surface area contributed by atoms with Crippen molar-refractivity contribution in [1.82, 2.24) is 0 Å². The monoisotopic (exact) mass is 362 g/mol. The summed E-state index contributed by atoms with van der Waals surface area (Å²) in [7, 11) is -1.90. The summed E-state index contributed by atoms with van der Waals surface area (Å²) in [6.45, 7) is 17.9. The Morgan fingerprint density at radius 2 is 1.88 bits per heavy atom. The zero-order chi connectivity index (χ0) is 18.8. The third-order valence-corrected chi connectivity index (χ3v) is 11.4. The molecule has 0 aromatic carbocycles. The molecule has 1 unspecified atom stereocenters. The van der Waals surface area contributed by atoms with Crippen LogP contribution in [0.15, 0.2) is 23.3 Å². The lowest BCUT2D eigenvalue weighted by Crippen LogP contribution is -2.44. The number of carbonyl (C=O) groups excluding carboxylic acids is 1. The molecule has 0 radical (unpaired) electrons. The Labute approximate surface area is 154 Å². The van der Waals surface area contributed by atoms with Crippen molar-refractivity contribution in [1.29, 1.82) is 0 Å². The molecule has 0 amide bonds. The summed E-state index contributed by atoms with van der Waals surface area (Å²) >= 11 is 0. The smallest absolute Gasteiger partial charge is 0.192 e. The van der Waals surface area contributed by atoms with Gasteiger partial charge in [-0.1, -0.05) is 39.3 Å². The average Bonchev–Trinajstić information content (AvgIpc) is 2.84. The van der Waals surface area contributed by atoms with E-state index in [0.717, 1.165) is 24.8 Å². The van der Waals surface area contributed by atoms with Gasteiger partial charge in [0, 0.05) is 11.0 Å². The van der Waals surface area contributed by atoms with Gasteiger partial charge in [0.1, 0.15) is 0 Å². The maximum Gasteiger partial charge on any atom is 0.192 e. The van der Waals surface area contributed by atoms with Crippen LogP contribution in [-0.2, 0) is 14.0 Å². The van der Waals surface area contributed by atoms with Crippen LogP contribution >= 0.6 is 0 Å². The molecular formula is C21H34O3Si. The molecule has 2 aliphatic carbocycles. The lowest BCUT2D eigenvalue weighted by molar-refractivity contribution is -0.112. The highest BCUT2D eigenvalue weighted by molar-refractivity contribution is 6.74. The van der Waals surface area contributed by atoms with Crippen LogP contribution in [-0.4, -0.2) is 31.9 Å². The van der Waals surface area contributed by atoms with Gasteiger partial charge in [0.25, 0.3) is 0 Å². The SMILES string of the molecule is CC1(C)OC1C[C@]1(C)C=CC(=O)C2=C1CC[C@H]2O[Si](C)(C)C(C)(C)C. The summed E-state index contributed by atoms with van der Waals surface area (Å²) in [6.07, 6.45) is 7.01. The summed E-state index contributed by atoms with van der Waals surface area (Å²) in [5, 5.41) is 0.152. The van der Waals surface area contributed by atoms with E-state index in [1.165, 1.54) is 5.57 Å². The standard InChI is InChI=1S/C21H34O3Si/c1-19(2,3)25(7,8)24-16-10-9-14-18(16)15(22)11-12-21(14,6)13-17-20(4,5)23-17/h11-12,16-17H,9-10,13H2,1-8H3/t16-,17?,21+/m1/s1. The van der Waals surface area contributed by atoms with E-state index in [2.05, 4.69) is 60.7 Å². The van der Waals surface area contributed by atoms with Crippen molar-refractivity contribution in [3.05, 3.63) is 23.3 Å². The predicted octanol–water partition coefficient (Wildman–Crippen LogP) is 5.18. The quantitative estimate of drug-likeness (QED) is 0.511. The van der Waals surface area contributed by atoms with E-state index in [-0.39, 0.29) is 34.0 Å². The molecule has 0 N–H and O–H groups in total. The fraction of sp³-hybridized carbons (Fsp3) is 0.762. The van der Waals surface area contributed by atoms with E-state index in [9.17, 15) is 4.79 Å². The van der Waals surface area contributed by atoms with Crippen LogP contribution in [0.1, 0.15) is 60.8 Å². The number of allylic oxidation sites excluding steroid dienone is 3. The van der Waals surface area contributed by atoms with Crippen LogP contribution in [0.3, 0.4) is 0 Å². The van der Waals surface area contributed by atoms with Crippen LogP contribution in [0.5, 0.6) is 0 Å². The number of rotatable bonds is 4. The van der Waals surface area contributed by atoms with E-state index in [0.29, 0.717) is 0 Å². The van der Waals surface area contributed by atoms with Gasteiger partial charge in [-0.05, 0) is 57.3 Å². The van der Waals surface area contributed by atoms with Gasteiger partial charge in [0.2, 0.25) is 0 Å². The first-order chi connectivity index (χ1) is 11.3. The van der Waals surface area contributed by atoms with Crippen molar-refractivity contribution in [3.63, 3.8) is 0 Å². The van der Waals surface area contributed by atoms with Crippen molar-refractivity contribution in [2.45, 2.75) is 96.7 Å². The van der Waals surface area contributed by atoms with Crippen molar-refractivity contribution in [2.24, 2.45) is 5.41 Å². The molecule has 1 heterocycles. The van der Waals surface area contributed by atoms with E-state index in [1.54, 1.807) is 6.08 Å². The van der Waals surface area contributed by atoms with Crippen LogP contribution < -0.4 is 0 Å². The topological polar surface area (TPSA) is 38.8 Å². The molecule has 1 aliphatic heterocycles. The number of carbonyl (C=O) groups is 1. The van der Waals surface area contributed by atoms with E-state index >= 15 is 0 Å². The maximum atomic E-state index is 12.7. The molecule has 1 fully saturated rings. The van der Waals surface area contributed by atoms with Gasteiger partial charge >= 0.3 is 0 Å². The fourth-order valence-electron chi connectivity index (χ4n) is 3.95. The zero-order valence-electron chi connectivity index (χ0n) is 17.2. The third kappa shape index (κ3) is 3.33. The molecule has 0 aromatic rings. The van der Waals surface area contributed by atoms with Gasteiger partial charge in [-0.15, -0.1) is 0 Å². The lowest BCUT2D eigenvalue weighted by Gasteiger charge is -2.39. The Morgan fingerprint density at radius 3 is 2.40 bits per heavy atom. The second kappa shape index (κ2) is 5.64. The Hall–Kier alpha value is -0.713. The molecule has 0 saturated carbocycles. The highest BCUT2D eigenvalue weighted by Crippen LogP contribution is 2.52. The van der Waals surface area contributed by atoms with Crippen molar-refractivity contribution >= 4 is 14.1 Å². The minimum absolute atomic E-state index is 0.0192. The number of epoxide rings is 1. The van der Waals surface area contributed by atoms with Crippen molar-refractivity contribution < 1.29 is 14.0 Å². The average molecular weight is 363 g/mol. The highest BCUT2D eigenvalue weighted by atomic mass is 28.4. The molecule has 3 aliphatic rings. The molecule has 140 valence electrons. The zero-order valence-corrected chi connectivity index (χ0v) is 18.2. The van der Waals surface area contributed by atoms with E-state index in [4.69, 9.17) is 9.16 Å².